The van der Waals surface area contributed by atoms with Crippen LogP contribution in [0.2, 0.25) is 0 Å². The van der Waals surface area contributed by atoms with Crippen LogP contribution in [0.3, 0.4) is 0 Å². The van der Waals surface area contributed by atoms with E-state index in [1.807, 2.05) is 0 Å². The van der Waals surface area contributed by atoms with Gasteiger partial charge in [-0.05, 0) is 42.6 Å². The molecule has 122 valence electrons. The Hall–Kier alpha value is -2.23. The summed E-state index contributed by atoms with van der Waals surface area (Å²) in [5.41, 5.74) is 0.362. The zero-order valence-electron chi connectivity index (χ0n) is 12.1. The van der Waals surface area contributed by atoms with E-state index in [1.54, 1.807) is 17.5 Å². The smallest absolute Gasteiger partial charge is 0.349 e. The van der Waals surface area contributed by atoms with Gasteiger partial charge < -0.3 is 10.1 Å². The molecule has 1 atom stereocenters. The van der Waals surface area contributed by atoms with Gasteiger partial charge in [0.1, 0.15) is 4.88 Å². The van der Waals surface area contributed by atoms with Crippen molar-refractivity contribution in [2.24, 2.45) is 5.14 Å². The number of esters is 1. The Balaban J connectivity index is 1.97. The first kappa shape index (κ1) is 17.1. The molecule has 2 aromatic rings. The highest BCUT2D eigenvalue weighted by Crippen LogP contribution is 2.14. The lowest BCUT2D eigenvalue weighted by Crippen LogP contribution is -2.29. The Morgan fingerprint density at radius 3 is 2.39 bits per heavy atom. The Kier molecular flexibility index (Phi) is 5.14. The molecule has 0 aliphatic carbocycles. The molecular weight excluding hydrogens is 340 g/mol. The van der Waals surface area contributed by atoms with Crippen molar-refractivity contribution in [3.8, 4) is 0 Å². The fourth-order valence-electron chi connectivity index (χ4n) is 1.64. The monoisotopic (exact) mass is 354 g/mol. The van der Waals surface area contributed by atoms with Gasteiger partial charge >= 0.3 is 5.97 Å². The molecule has 0 saturated carbocycles. The number of hydrogen-bond acceptors (Lipinski definition) is 6. The quantitative estimate of drug-likeness (QED) is 0.791. The highest BCUT2D eigenvalue weighted by molar-refractivity contribution is 7.89. The third-order valence-electron chi connectivity index (χ3n) is 2.83. The lowest BCUT2D eigenvalue weighted by Gasteiger charge is -2.13. The van der Waals surface area contributed by atoms with E-state index in [1.165, 1.54) is 42.5 Å². The van der Waals surface area contributed by atoms with E-state index in [0.29, 0.717) is 10.6 Å². The van der Waals surface area contributed by atoms with E-state index in [0.717, 1.165) is 0 Å². The Bertz CT molecular complexity index is 798. The van der Waals surface area contributed by atoms with E-state index < -0.39 is 28.0 Å². The van der Waals surface area contributed by atoms with Crippen molar-refractivity contribution in [1.29, 1.82) is 0 Å². The van der Waals surface area contributed by atoms with Gasteiger partial charge in [-0.25, -0.2) is 18.4 Å². The van der Waals surface area contributed by atoms with Crippen molar-refractivity contribution >= 4 is 38.9 Å². The number of benzene rings is 1. The van der Waals surface area contributed by atoms with E-state index in [-0.39, 0.29) is 4.90 Å². The molecule has 23 heavy (non-hydrogen) atoms. The number of ether oxygens (including phenoxy) is 1. The van der Waals surface area contributed by atoms with Gasteiger partial charge in [0, 0.05) is 5.69 Å². The van der Waals surface area contributed by atoms with E-state index in [9.17, 15) is 18.0 Å². The summed E-state index contributed by atoms with van der Waals surface area (Å²) in [7, 11) is -3.79. The molecule has 1 aromatic heterocycles. The molecule has 1 heterocycles. The van der Waals surface area contributed by atoms with Crippen LogP contribution >= 0.6 is 11.3 Å². The number of carbonyl (C=O) groups is 2. The zero-order chi connectivity index (χ0) is 17.0. The van der Waals surface area contributed by atoms with Crippen molar-refractivity contribution in [3.63, 3.8) is 0 Å². The van der Waals surface area contributed by atoms with Crippen LogP contribution in [0.1, 0.15) is 16.6 Å². The van der Waals surface area contributed by atoms with E-state index in [2.05, 4.69) is 5.32 Å². The summed E-state index contributed by atoms with van der Waals surface area (Å²) in [5, 5.41) is 9.24. The van der Waals surface area contributed by atoms with E-state index >= 15 is 0 Å². The van der Waals surface area contributed by atoms with Crippen molar-refractivity contribution in [1.82, 2.24) is 0 Å². The van der Waals surface area contributed by atoms with Crippen LogP contribution in [0.15, 0.2) is 46.7 Å². The maximum atomic E-state index is 12.0. The molecule has 7 nitrogen and oxygen atoms in total. The van der Waals surface area contributed by atoms with Gasteiger partial charge in [-0.2, -0.15) is 0 Å². The molecule has 3 N–H and O–H groups in total. The predicted molar refractivity (Wildman–Crippen MR) is 85.6 cm³/mol. The number of hydrogen-bond donors (Lipinski definition) is 2. The number of sulfonamides is 1. The summed E-state index contributed by atoms with van der Waals surface area (Å²) in [6, 6.07) is 8.64. The summed E-state index contributed by atoms with van der Waals surface area (Å²) < 4.78 is 27.3. The second-order valence-corrected chi connectivity index (χ2v) is 7.09. The normalized spacial score (nSPS) is 12.4. The lowest BCUT2D eigenvalue weighted by atomic mass is 10.3. The second kappa shape index (κ2) is 6.90. The van der Waals surface area contributed by atoms with Gasteiger partial charge in [-0.1, -0.05) is 6.07 Å². The number of nitrogens with two attached hydrogens (primary N) is 1. The van der Waals surface area contributed by atoms with Crippen LogP contribution in [-0.2, 0) is 19.6 Å². The number of primary sulfonamides is 1. The average molecular weight is 354 g/mol. The van der Waals surface area contributed by atoms with Gasteiger partial charge in [0.2, 0.25) is 10.0 Å². The van der Waals surface area contributed by atoms with Crippen LogP contribution in [0.5, 0.6) is 0 Å². The summed E-state index contributed by atoms with van der Waals surface area (Å²) in [6.45, 7) is 1.44. The maximum absolute atomic E-state index is 12.0. The molecule has 0 bridgehead atoms. The van der Waals surface area contributed by atoms with Crippen molar-refractivity contribution < 1.29 is 22.7 Å². The molecule has 1 aromatic carbocycles. The Labute approximate surface area is 137 Å². The SMILES string of the molecule is CC(OC(=O)c1cccs1)C(=O)Nc1ccc(S(N)(=O)=O)cc1. The zero-order valence-corrected chi connectivity index (χ0v) is 13.7. The highest BCUT2D eigenvalue weighted by atomic mass is 32.2. The molecule has 9 heteroatoms. The molecule has 0 spiro atoms. The van der Waals surface area contributed by atoms with Crippen LogP contribution < -0.4 is 10.5 Å². The predicted octanol–water partition coefficient (Wildman–Crippen LogP) is 1.58. The molecular formula is C14H14N2O5S2. The third-order valence-corrected chi connectivity index (χ3v) is 4.60. The van der Waals surface area contributed by atoms with E-state index in [4.69, 9.17) is 9.88 Å². The number of anilines is 1. The Morgan fingerprint density at radius 1 is 1.22 bits per heavy atom. The summed E-state index contributed by atoms with van der Waals surface area (Å²) in [6.07, 6.45) is -0.998. The number of carbonyl (C=O) groups excluding carboxylic acids is 2. The molecule has 0 aliphatic heterocycles. The topological polar surface area (TPSA) is 116 Å². The van der Waals surface area contributed by atoms with Gasteiger partial charge in [-0.3, -0.25) is 4.79 Å². The minimum Gasteiger partial charge on any atom is -0.448 e. The van der Waals surface area contributed by atoms with Crippen LogP contribution in [0, 0.1) is 0 Å². The maximum Gasteiger partial charge on any atom is 0.349 e. The first-order chi connectivity index (χ1) is 10.8. The molecule has 1 unspecified atom stereocenters. The number of rotatable bonds is 5. The first-order valence-electron chi connectivity index (χ1n) is 6.45. The standard InChI is InChI=1S/C14H14N2O5S2/c1-9(21-14(18)12-3-2-8-22-12)13(17)16-10-4-6-11(7-5-10)23(15,19)20/h2-9H,1H3,(H,16,17)(H2,15,19,20). The molecule has 0 radical (unpaired) electrons. The summed E-state index contributed by atoms with van der Waals surface area (Å²) in [5.74, 6) is -1.11. The average Bonchev–Trinajstić information content (AvgIpc) is 3.01. The number of thiophene rings is 1. The fraction of sp³-hybridized carbons (Fsp3) is 0.143. The number of amides is 1. The number of nitrogens with one attached hydrogen (secondary N) is 1. The lowest BCUT2D eigenvalue weighted by molar-refractivity contribution is -0.123. The van der Waals surface area contributed by atoms with Gasteiger partial charge in [0.25, 0.3) is 5.91 Å². The van der Waals surface area contributed by atoms with Crippen LogP contribution in [0.25, 0.3) is 0 Å². The van der Waals surface area contributed by atoms with Crippen LogP contribution in [0.4, 0.5) is 5.69 Å². The Morgan fingerprint density at radius 2 is 1.87 bits per heavy atom. The van der Waals surface area contributed by atoms with Crippen molar-refractivity contribution in [3.05, 3.63) is 46.7 Å². The first-order valence-corrected chi connectivity index (χ1v) is 8.88. The summed E-state index contributed by atoms with van der Waals surface area (Å²) >= 11 is 1.22. The second-order valence-electron chi connectivity index (χ2n) is 4.58. The molecule has 0 aliphatic rings. The fourth-order valence-corrected chi connectivity index (χ4v) is 2.76. The van der Waals surface area contributed by atoms with Gasteiger partial charge in [-0.15, -0.1) is 11.3 Å². The van der Waals surface area contributed by atoms with Gasteiger partial charge in [0.05, 0.1) is 4.90 Å². The molecule has 1 amide bonds. The molecule has 0 fully saturated rings. The van der Waals surface area contributed by atoms with Crippen molar-refractivity contribution in [2.45, 2.75) is 17.9 Å². The third kappa shape index (κ3) is 4.62. The minimum absolute atomic E-state index is 0.0623. The van der Waals surface area contributed by atoms with Gasteiger partial charge in [0.15, 0.2) is 6.10 Å². The largest absolute Gasteiger partial charge is 0.448 e. The molecule has 2 rings (SSSR count). The van der Waals surface area contributed by atoms with Crippen molar-refractivity contribution in [2.75, 3.05) is 5.32 Å². The highest BCUT2D eigenvalue weighted by Gasteiger charge is 2.19. The molecule has 0 saturated heterocycles. The minimum atomic E-state index is -3.79. The van der Waals surface area contributed by atoms with Crippen LogP contribution in [-0.4, -0.2) is 26.4 Å². The summed E-state index contributed by atoms with van der Waals surface area (Å²) in [4.78, 5) is 24.1.